The second-order valence-corrected chi connectivity index (χ2v) is 5.99. The van der Waals surface area contributed by atoms with Gasteiger partial charge >= 0.3 is 6.03 Å². The summed E-state index contributed by atoms with van der Waals surface area (Å²) in [4.78, 5) is 11.9. The molecule has 0 bridgehead atoms. The number of fused-ring (bicyclic) bond motifs is 1. The number of nitrogens with one attached hydrogen (secondary N) is 2. The lowest BCUT2D eigenvalue weighted by Crippen LogP contribution is -2.30. The van der Waals surface area contributed by atoms with Gasteiger partial charge in [0.15, 0.2) is 0 Å². The van der Waals surface area contributed by atoms with Gasteiger partial charge in [0.2, 0.25) is 0 Å². The van der Waals surface area contributed by atoms with Crippen molar-refractivity contribution >= 4 is 11.7 Å². The Labute approximate surface area is 131 Å². The summed E-state index contributed by atoms with van der Waals surface area (Å²) in [5, 5.41) is 5.77. The van der Waals surface area contributed by atoms with E-state index >= 15 is 0 Å². The van der Waals surface area contributed by atoms with Gasteiger partial charge in [-0.3, -0.25) is 0 Å². The van der Waals surface area contributed by atoms with Gasteiger partial charge in [-0.2, -0.15) is 0 Å². The molecule has 1 saturated heterocycles. The van der Waals surface area contributed by atoms with E-state index in [0.717, 1.165) is 37.1 Å². The maximum Gasteiger partial charge on any atom is 0.319 e. The second-order valence-electron chi connectivity index (χ2n) is 5.99. The van der Waals surface area contributed by atoms with Crippen LogP contribution >= 0.6 is 0 Å². The number of amides is 2. The summed E-state index contributed by atoms with van der Waals surface area (Å²) < 4.78 is 11.1. The minimum atomic E-state index is -0.150. The lowest BCUT2D eigenvalue weighted by Gasteiger charge is -2.22. The summed E-state index contributed by atoms with van der Waals surface area (Å²) in [6.45, 7) is 2.87. The summed E-state index contributed by atoms with van der Waals surface area (Å²) in [6.07, 6.45) is 5.97. The van der Waals surface area contributed by atoms with E-state index in [1.54, 1.807) is 0 Å². The van der Waals surface area contributed by atoms with E-state index in [1.165, 1.54) is 18.4 Å². The molecule has 0 radical (unpaired) electrons. The number of carbonyl (C=O) groups excluding carboxylic acids is 1. The van der Waals surface area contributed by atoms with E-state index in [-0.39, 0.29) is 6.03 Å². The van der Waals surface area contributed by atoms with Crippen LogP contribution in [0.15, 0.2) is 18.2 Å². The fraction of sp³-hybridized carbons (Fsp3) is 0.588. The molecule has 2 aliphatic heterocycles. The molecule has 0 saturated carbocycles. The van der Waals surface area contributed by atoms with Crippen molar-refractivity contribution in [3.63, 3.8) is 0 Å². The van der Waals surface area contributed by atoms with Crippen LogP contribution in [0.2, 0.25) is 0 Å². The first-order chi connectivity index (χ1) is 10.8. The van der Waals surface area contributed by atoms with Gasteiger partial charge in [0.05, 0.1) is 19.3 Å². The number of ether oxygens (including phenoxy) is 2. The van der Waals surface area contributed by atoms with E-state index in [1.807, 2.05) is 18.2 Å². The molecular weight excluding hydrogens is 280 g/mol. The van der Waals surface area contributed by atoms with Crippen molar-refractivity contribution in [2.24, 2.45) is 0 Å². The van der Waals surface area contributed by atoms with E-state index < -0.39 is 0 Å². The quantitative estimate of drug-likeness (QED) is 0.821. The SMILES string of the molecule is O=C(NCCCC1CCCCO1)Nc1ccc2c(c1)COC2. The molecule has 1 aromatic carbocycles. The maximum absolute atomic E-state index is 11.9. The monoisotopic (exact) mass is 304 g/mol. The summed E-state index contributed by atoms with van der Waals surface area (Å²) in [5.41, 5.74) is 3.18. The summed E-state index contributed by atoms with van der Waals surface area (Å²) >= 11 is 0. The highest BCUT2D eigenvalue weighted by atomic mass is 16.5. The van der Waals surface area contributed by atoms with Crippen LogP contribution in [0.3, 0.4) is 0 Å². The molecule has 5 heteroatoms. The lowest BCUT2D eigenvalue weighted by molar-refractivity contribution is 0.0103. The van der Waals surface area contributed by atoms with E-state index in [0.29, 0.717) is 25.9 Å². The largest absolute Gasteiger partial charge is 0.378 e. The molecule has 2 heterocycles. The smallest absolute Gasteiger partial charge is 0.319 e. The molecule has 2 N–H and O–H groups in total. The normalized spacial score (nSPS) is 20.5. The Morgan fingerprint density at radius 1 is 1.23 bits per heavy atom. The zero-order valence-corrected chi connectivity index (χ0v) is 12.9. The molecule has 120 valence electrons. The molecule has 5 nitrogen and oxygen atoms in total. The minimum Gasteiger partial charge on any atom is -0.378 e. The van der Waals surface area contributed by atoms with Gasteiger partial charge in [0, 0.05) is 18.8 Å². The van der Waals surface area contributed by atoms with Crippen LogP contribution in [-0.4, -0.2) is 25.3 Å². The van der Waals surface area contributed by atoms with Gasteiger partial charge in [-0.1, -0.05) is 6.07 Å². The van der Waals surface area contributed by atoms with Crippen molar-refractivity contribution in [2.75, 3.05) is 18.5 Å². The molecule has 1 atom stereocenters. The highest BCUT2D eigenvalue weighted by Crippen LogP contribution is 2.23. The molecule has 0 aromatic heterocycles. The molecule has 2 amide bonds. The highest BCUT2D eigenvalue weighted by Gasteiger charge is 2.14. The zero-order chi connectivity index (χ0) is 15.2. The third-order valence-corrected chi connectivity index (χ3v) is 4.24. The zero-order valence-electron chi connectivity index (χ0n) is 12.9. The van der Waals surface area contributed by atoms with Gasteiger partial charge < -0.3 is 20.1 Å². The molecule has 1 unspecified atom stereocenters. The van der Waals surface area contributed by atoms with Gasteiger partial charge in [0.1, 0.15) is 0 Å². The Morgan fingerprint density at radius 3 is 3.00 bits per heavy atom. The minimum absolute atomic E-state index is 0.150. The van der Waals surface area contributed by atoms with Crippen molar-refractivity contribution in [3.8, 4) is 0 Å². The van der Waals surface area contributed by atoms with Crippen molar-refractivity contribution < 1.29 is 14.3 Å². The fourth-order valence-corrected chi connectivity index (χ4v) is 2.99. The highest BCUT2D eigenvalue weighted by molar-refractivity contribution is 5.89. The van der Waals surface area contributed by atoms with Crippen molar-refractivity contribution in [2.45, 2.75) is 51.4 Å². The topological polar surface area (TPSA) is 59.6 Å². The van der Waals surface area contributed by atoms with Crippen LogP contribution in [0.1, 0.15) is 43.2 Å². The van der Waals surface area contributed by atoms with Gasteiger partial charge in [-0.25, -0.2) is 4.79 Å². The summed E-state index contributed by atoms with van der Waals surface area (Å²) in [6, 6.07) is 5.77. The van der Waals surface area contributed by atoms with Crippen molar-refractivity contribution in [3.05, 3.63) is 29.3 Å². The van der Waals surface area contributed by atoms with Crippen molar-refractivity contribution in [1.29, 1.82) is 0 Å². The van der Waals surface area contributed by atoms with Crippen LogP contribution in [-0.2, 0) is 22.7 Å². The number of benzene rings is 1. The summed E-state index contributed by atoms with van der Waals surface area (Å²) in [5.74, 6) is 0. The molecule has 3 rings (SSSR count). The lowest BCUT2D eigenvalue weighted by atomic mass is 10.0. The molecule has 22 heavy (non-hydrogen) atoms. The molecular formula is C17H24N2O3. The van der Waals surface area contributed by atoms with Crippen LogP contribution in [0.25, 0.3) is 0 Å². The van der Waals surface area contributed by atoms with Gasteiger partial charge in [-0.15, -0.1) is 0 Å². The van der Waals surface area contributed by atoms with E-state index in [9.17, 15) is 4.79 Å². The van der Waals surface area contributed by atoms with Gasteiger partial charge in [0.25, 0.3) is 0 Å². The molecule has 0 aliphatic carbocycles. The molecule has 2 aliphatic rings. The Morgan fingerprint density at radius 2 is 2.14 bits per heavy atom. The first-order valence-corrected chi connectivity index (χ1v) is 8.17. The van der Waals surface area contributed by atoms with Crippen LogP contribution in [0.4, 0.5) is 10.5 Å². The third-order valence-electron chi connectivity index (χ3n) is 4.24. The second kappa shape index (κ2) is 7.61. The van der Waals surface area contributed by atoms with Crippen LogP contribution in [0.5, 0.6) is 0 Å². The first kappa shape index (κ1) is 15.3. The molecule has 1 fully saturated rings. The Kier molecular flexibility index (Phi) is 5.29. The Hall–Kier alpha value is -1.59. The standard InChI is InChI=1S/C17H24N2O3/c20-17(18-8-3-5-16-4-1-2-9-22-16)19-15-7-6-13-11-21-12-14(13)10-15/h6-7,10,16H,1-5,8-9,11-12H2,(H2,18,19,20). The first-order valence-electron chi connectivity index (χ1n) is 8.17. The number of carbonyl (C=O) groups is 1. The molecule has 0 spiro atoms. The summed E-state index contributed by atoms with van der Waals surface area (Å²) in [7, 11) is 0. The number of hydrogen-bond donors (Lipinski definition) is 2. The average Bonchev–Trinajstić information content (AvgIpc) is 3.00. The maximum atomic E-state index is 11.9. The fourth-order valence-electron chi connectivity index (χ4n) is 2.99. The van der Waals surface area contributed by atoms with Gasteiger partial charge in [-0.05, 0) is 55.4 Å². The Bertz CT molecular complexity index is 513. The van der Waals surface area contributed by atoms with E-state index in [2.05, 4.69) is 10.6 Å². The molecule has 1 aromatic rings. The van der Waals surface area contributed by atoms with Crippen LogP contribution < -0.4 is 10.6 Å². The Balaban J connectivity index is 1.35. The van der Waals surface area contributed by atoms with Crippen LogP contribution in [0, 0.1) is 0 Å². The average molecular weight is 304 g/mol. The number of rotatable bonds is 5. The number of hydrogen-bond acceptors (Lipinski definition) is 3. The number of anilines is 1. The van der Waals surface area contributed by atoms with Crippen molar-refractivity contribution in [1.82, 2.24) is 5.32 Å². The predicted octanol–water partition coefficient (Wildman–Crippen LogP) is 3.19. The number of urea groups is 1. The van der Waals surface area contributed by atoms with E-state index in [4.69, 9.17) is 9.47 Å². The third kappa shape index (κ3) is 4.21. The predicted molar refractivity (Wildman–Crippen MR) is 84.8 cm³/mol.